The van der Waals surface area contributed by atoms with Crippen molar-refractivity contribution in [2.75, 3.05) is 19.3 Å². The number of carbonyl (C=O) groups is 1. The van der Waals surface area contributed by atoms with E-state index in [1.165, 1.54) is 11.8 Å². The number of ketones is 1. The number of Topliss-reactive ketones (excluding diaryl/α,β-unsaturated/α-hetero) is 1. The van der Waals surface area contributed by atoms with Gasteiger partial charge in [-0.05, 0) is 62.2 Å². The molecule has 0 amide bonds. The Labute approximate surface area is 159 Å². The maximum Gasteiger partial charge on any atom is 0.173 e. The minimum Gasteiger partial charge on any atom is -0.366 e. The van der Waals surface area contributed by atoms with Crippen LogP contribution in [0.2, 0.25) is 5.02 Å². The van der Waals surface area contributed by atoms with E-state index in [-0.39, 0.29) is 5.78 Å². The molecule has 2 aromatic rings. The Bertz CT molecular complexity index is 789. The zero-order valence-electron chi connectivity index (χ0n) is 15.0. The van der Waals surface area contributed by atoms with E-state index in [4.69, 9.17) is 11.6 Å². The lowest BCUT2D eigenvalue weighted by atomic mass is 10.0. The Balaban J connectivity index is 2.12. The zero-order valence-corrected chi connectivity index (χ0v) is 16.6. The van der Waals surface area contributed by atoms with Gasteiger partial charge in [0.25, 0.3) is 0 Å². The van der Waals surface area contributed by atoms with Crippen LogP contribution in [0.3, 0.4) is 0 Å². The molecule has 0 heterocycles. The summed E-state index contributed by atoms with van der Waals surface area (Å²) in [7, 11) is 1.98. The molecular formula is C20H23ClN2OS. The van der Waals surface area contributed by atoms with E-state index in [0.717, 1.165) is 33.8 Å². The van der Waals surface area contributed by atoms with E-state index >= 15 is 0 Å². The number of halogens is 1. The molecule has 0 saturated carbocycles. The maximum absolute atomic E-state index is 12.6. The third kappa shape index (κ3) is 5.62. The van der Waals surface area contributed by atoms with Gasteiger partial charge >= 0.3 is 0 Å². The summed E-state index contributed by atoms with van der Waals surface area (Å²) in [6.45, 7) is 6.92. The Hall–Kier alpha value is -1.78. The third-order valence-electron chi connectivity index (χ3n) is 3.90. The molecule has 5 heteroatoms. The first kappa shape index (κ1) is 19.5. The molecule has 132 valence electrons. The van der Waals surface area contributed by atoms with Crippen molar-refractivity contribution in [2.24, 2.45) is 4.99 Å². The van der Waals surface area contributed by atoms with Crippen LogP contribution in [0.4, 0.5) is 5.69 Å². The molecule has 3 nitrogen and oxygen atoms in total. The van der Waals surface area contributed by atoms with Crippen molar-refractivity contribution in [1.29, 1.82) is 0 Å². The topological polar surface area (TPSA) is 32.7 Å². The number of rotatable bonds is 7. The molecular weight excluding hydrogens is 352 g/mol. The van der Waals surface area contributed by atoms with Gasteiger partial charge in [0.15, 0.2) is 5.78 Å². The number of aryl methyl sites for hydroxylation is 2. The minimum absolute atomic E-state index is 0.117. The van der Waals surface area contributed by atoms with Gasteiger partial charge in [0.1, 0.15) is 0 Å². The average Bonchev–Trinajstić information content (AvgIpc) is 2.59. The Morgan fingerprint density at radius 1 is 1.24 bits per heavy atom. The summed E-state index contributed by atoms with van der Waals surface area (Å²) in [5.41, 5.74) is 3.61. The number of thioether (sulfide) groups is 1. The van der Waals surface area contributed by atoms with E-state index in [1.54, 1.807) is 0 Å². The molecule has 2 aromatic carbocycles. The Morgan fingerprint density at radius 2 is 2.00 bits per heavy atom. The highest BCUT2D eigenvalue weighted by Crippen LogP contribution is 2.26. The van der Waals surface area contributed by atoms with Crippen LogP contribution in [-0.2, 0) is 0 Å². The predicted molar refractivity (Wildman–Crippen MR) is 109 cm³/mol. The van der Waals surface area contributed by atoms with Crippen molar-refractivity contribution < 1.29 is 4.79 Å². The summed E-state index contributed by atoms with van der Waals surface area (Å²) in [6, 6.07) is 11.5. The van der Waals surface area contributed by atoms with Gasteiger partial charge < -0.3 is 4.90 Å². The van der Waals surface area contributed by atoms with E-state index in [1.807, 2.05) is 68.5 Å². The van der Waals surface area contributed by atoms with Gasteiger partial charge in [-0.1, -0.05) is 17.7 Å². The molecule has 0 saturated heterocycles. The maximum atomic E-state index is 12.6. The lowest BCUT2D eigenvalue weighted by Crippen LogP contribution is -2.14. The smallest absolute Gasteiger partial charge is 0.173 e. The second kappa shape index (κ2) is 9.07. The van der Waals surface area contributed by atoms with Gasteiger partial charge in [-0.2, -0.15) is 0 Å². The number of nitrogens with zero attached hydrogens (tertiary/aromatic N) is 2. The molecule has 25 heavy (non-hydrogen) atoms. The molecule has 0 bridgehead atoms. The third-order valence-corrected chi connectivity index (χ3v) is 5.13. The van der Waals surface area contributed by atoms with Crippen molar-refractivity contribution in [3.63, 3.8) is 0 Å². The molecule has 0 aliphatic carbocycles. The molecule has 2 rings (SSSR count). The Morgan fingerprint density at radius 3 is 2.68 bits per heavy atom. The summed E-state index contributed by atoms with van der Waals surface area (Å²) >= 11 is 7.49. The van der Waals surface area contributed by atoms with Crippen LogP contribution in [0.1, 0.15) is 28.4 Å². The van der Waals surface area contributed by atoms with Crippen molar-refractivity contribution >= 4 is 41.2 Å². The summed E-state index contributed by atoms with van der Waals surface area (Å²) in [6.07, 6.45) is 1.82. The summed E-state index contributed by atoms with van der Waals surface area (Å²) in [4.78, 5) is 20.1. The molecule has 0 aromatic heterocycles. The molecule has 0 unspecified atom stereocenters. The van der Waals surface area contributed by atoms with Crippen LogP contribution in [0.5, 0.6) is 0 Å². The van der Waals surface area contributed by atoms with Crippen LogP contribution in [-0.4, -0.2) is 36.4 Å². The summed E-state index contributed by atoms with van der Waals surface area (Å²) in [5.74, 6) is 0.508. The highest BCUT2D eigenvalue weighted by molar-refractivity contribution is 8.00. The van der Waals surface area contributed by atoms with E-state index in [0.29, 0.717) is 10.8 Å². The van der Waals surface area contributed by atoms with Crippen LogP contribution < -0.4 is 0 Å². The van der Waals surface area contributed by atoms with Gasteiger partial charge in [0.2, 0.25) is 0 Å². The van der Waals surface area contributed by atoms with Gasteiger partial charge in [-0.25, -0.2) is 4.99 Å². The molecule has 0 aliphatic heterocycles. The molecule has 0 N–H and O–H groups in total. The van der Waals surface area contributed by atoms with Crippen LogP contribution in [0.15, 0.2) is 46.3 Å². The fraction of sp³-hybridized carbons (Fsp3) is 0.300. The second-order valence-electron chi connectivity index (χ2n) is 5.94. The zero-order chi connectivity index (χ0) is 18.4. The average molecular weight is 375 g/mol. The normalized spacial score (nSPS) is 11.1. The number of hydrogen-bond acceptors (Lipinski definition) is 3. The molecule has 0 radical (unpaired) electrons. The van der Waals surface area contributed by atoms with Gasteiger partial charge in [-0.3, -0.25) is 4.79 Å². The van der Waals surface area contributed by atoms with E-state index < -0.39 is 0 Å². The van der Waals surface area contributed by atoms with Crippen molar-refractivity contribution in [1.82, 2.24) is 4.90 Å². The first-order valence-corrected chi connectivity index (χ1v) is 9.54. The van der Waals surface area contributed by atoms with Crippen LogP contribution in [0, 0.1) is 13.8 Å². The Kier molecular flexibility index (Phi) is 7.09. The predicted octanol–water partition coefficient (Wildman–Crippen LogP) is 5.54. The fourth-order valence-electron chi connectivity index (χ4n) is 2.27. The quantitative estimate of drug-likeness (QED) is 0.276. The highest BCUT2D eigenvalue weighted by atomic mass is 35.5. The first-order chi connectivity index (χ1) is 11.9. The number of aliphatic imine (C=N–C) groups is 1. The van der Waals surface area contributed by atoms with Gasteiger partial charge in [0.05, 0.1) is 17.8 Å². The molecule has 0 fully saturated rings. The standard InChI is InChI=1S/C20H23ClN2OS/c1-5-23(4)13-22-19-10-14(2)18(9-15(19)3)20(24)12-25-17-8-6-7-16(21)11-17/h6-11,13H,5,12H2,1-4H3. The number of carbonyl (C=O) groups excluding carboxylic acids is 1. The van der Waals surface area contributed by atoms with Gasteiger partial charge in [-0.15, -0.1) is 11.8 Å². The van der Waals surface area contributed by atoms with E-state index in [2.05, 4.69) is 11.9 Å². The highest BCUT2D eigenvalue weighted by Gasteiger charge is 2.12. The number of hydrogen-bond donors (Lipinski definition) is 0. The minimum atomic E-state index is 0.117. The van der Waals surface area contributed by atoms with Crippen LogP contribution in [0.25, 0.3) is 0 Å². The van der Waals surface area contributed by atoms with Crippen molar-refractivity contribution in [3.05, 3.63) is 58.1 Å². The van der Waals surface area contributed by atoms with Gasteiger partial charge in [0, 0.05) is 29.1 Å². The number of benzene rings is 2. The summed E-state index contributed by atoms with van der Waals surface area (Å²) in [5, 5.41) is 0.684. The molecule has 0 aliphatic rings. The van der Waals surface area contributed by atoms with Crippen molar-refractivity contribution in [2.45, 2.75) is 25.7 Å². The van der Waals surface area contributed by atoms with Crippen LogP contribution >= 0.6 is 23.4 Å². The second-order valence-corrected chi connectivity index (χ2v) is 7.43. The molecule has 0 spiro atoms. The van der Waals surface area contributed by atoms with Crippen molar-refractivity contribution in [3.8, 4) is 0 Å². The first-order valence-electron chi connectivity index (χ1n) is 8.18. The molecule has 0 atom stereocenters. The van der Waals surface area contributed by atoms with E-state index in [9.17, 15) is 4.79 Å². The largest absolute Gasteiger partial charge is 0.366 e. The summed E-state index contributed by atoms with van der Waals surface area (Å²) < 4.78 is 0. The lowest BCUT2D eigenvalue weighted by molar-refractivity contribution is 0.102. The lowest BCUT2D eigenvalue weighted by Gasteiger charge is -2.11. The monoisotopic (exact) mass is 374 g/mol. The fourth-order valence-corrected chi connectivity index (χ4v) is 3.36. The SMILES string of the molecule is CCN(C)C=Nc1cc(C)c(C(=O)CSc2cccc(Cl)c2)cc1C.